The Hall–Kier alpha value is -2.78. The maximum Gasteiger partial charge on any atom is 0.263 e. The van der Waals surface area contributed by atoms with Crippen molar-refractivity contribution in [3.63, 3.8) is 0 Å². The van der Waals surface area contributed by atoms with Crippen LogP contribution in [0.5, 0.6) is 17.2 Å². The van der Waals surface area contributed by atoms with Crippen LogP contribution < -0.4 is 19.5 Å². The summed E-state index contributed by atoms with van der Waals surface area (Å²) < 4.78 is 43.0. The van der Waals surface area contributed by atoms with Crippen molar-refractivity contribution >= 4 is 21.6 Å². The Morgan fingerprint density at radius 3 is 2.07 bits per heavy atom. The van der Waals surface area contributed by atoms with Gasteiger partial charge in [0.25, 0.3) is 5.91 Å². The summed E-state index contributed by atoms with van der Waals surface area (Å²) in [5.74, 6) is 0.504. The Morgan fingerprint density at radius 2 is 1.52 bits per heavy atom. The highest BCUT2D eigenvalue weighted by atomic mass is 32.2. The number of rotatable bonds is 7. The number of benzene rings is 2. The third kappa shape index (κ3) is 4.15. The van der Waals surface area contributed by atoms with Crippen LogP contribution in [-0.2, 0) is 10.0 Å². The Balaban J connectivity index is 1.98. The van der Waals surface area contributed by atoms with Crippen LogP contribution >= 0.6 is 0 Å². The molecule has 1 aliphatic rings. The van der Waals surface area contributed by atoms with E-state index in [9.17, 15) is 13.2 Å². The lowest BCUT2D eigenvalue weighted by molar-refractivity contribution is 0.102. The first-order valence-corrected chi connectivity index (χ1v) is 10.6. The molecule has 0 radical (unpaired) electrons. The highest BCUT2D eigenvalue weighted by Gasteiger charge is 2.28. The van der Waals surface area contributed by atoms with Crippen molar-refractivity contribution in [2.24, 2.45) is 0 Å². The van der Waals surface area contributed by atoms with Crippen LogP contribution in [0.4, 0.5) is 5.69 Å². The topological polar surface area (TPSA) is 94.2 Å². The van der Waals surface area contributed by atoms with E-state index in [1.54, 1.807) is 18.2 Å². The number of nitrogens with one attached hydrogen (secondary N) is 1. The number of nitrogens with zero attached hydrogens (tertiary/aromatic N) is 1. The maximum atomic E-state index is 13.0. The number of amides is 1. The van der Waals surface area contributed by atoms with Gasteiger partial charge in [-0.3, -0.25) is 4.79 Å². The molecule has 0 aliphatic carbocycles. The first-order valence-electron chi connectivity index (χ1n) is 9.13. The summed E-state index contributed by atoms with van der Waals surface area (Å²) in [5.41, 5.74) is 0.443. The highest BCUT2D eigenvalue weighted by Crippen LogP contribution is 2.33. The van der Waals surface area contributed by atoms with Crippen molar-refractivity contribution < 1.29 is 27.4 Å². The molecule has 1 amide bonds. The lowest BCUT2D eigenvalue weighted by atomic mass is 10.1. The number of anilines is 1. The second-order valence-electron chi connectivity index (χ2n) is 6.46. The van der Waals surface area contributed by atoms with Gasteiger partial charge in [0, 0.05) is 13.1 Å². The molecule has 156 valence electrons. The molecule has 1 heterocycles. The van der Waals surface area contributed by atoms with Crippen LogP contribution in [0, 0.1) is 0 Å². The number of ether oxygens (including phenoxy) is 3. The summed E-state index contributed by atoms with van der Waals surface area (Å²) in [5, 5.41) is 2.72. The van der Waals surface area contributed by atoms with Crippen molar-refractivity contribution in [1.82, 2.24) is 4.31 Å². The van der Waals surface area contributed by atoms with Gasteiger partial charge in [-0.15, -0.1) is 0 Å². The van der Waals surface area contributed by atoms with Crippen LogP contribution in [-0.4, -0.2) is 53.0 Å². The normalized spacial score (nSPS) is 14.4. The molecule has 0 saturated carbocycles. The molecule has 1 N–H and O–H groups in total. The van der Waals surface area contributed by atoms with Gasteiger partial charge in [0.15, 0.2) is 0 Å². The predicted molar refractivity (Wildman–Crippen MR) is 108 cm³/mol. The molecule has 0 atom stereocenters. The van der Waals surface area contributed by atoms with Gasteiger partial charge < -0.3 is 19.5 Å². The molecular formula is C20H24N2O6S. The van der Waals surface area contributed by atoms with Gasteiger partial charge in [-0.1, -0.05) is 6.07 Å². The number of carbonyl (C=O) groups excluding carboxylic acids is 1. The minimum absolute atomic E-state index is 0.0995. The van der Waals surface area contributed by atoms with Crippen LogP contribution in [0.25, 0.3) is 0 Å². The Kier molecular flexibility index (Phi) is 6.29. The Bertz CT molecular complexity index is 978. The van der Waals surface area contributed by atoms with Crippen LogP contribution in [0.3, 0.4) is 0 Å². The largest absolute Gasteiger partial charge is 0.496 e. The van der Waals surface area contributed by atoms with E-state index in [-0.39, 0.29) is 16.1 Å². The smallest absolute Gasteiger partial charge is 0.263 e. The summed E-state index contributed by atoms with van der Waals surface area (Å²) in [6, 6.07) is 9.40. The third-order valence-electron chi connectivity index (χ3n) is 4.78. The molecule has 0 spiro atoms. The van der Waals surface area contributed by atoms with Gasteiger partial charge in [0.1, 0.15) is 22.8 Å². The standard InChI is InChI=1S/C20H24N2O6S/c1-26-16-10-9-14(29(24,25)22-11-4-5-12-22)13-15(16)21-20(23)19-17(27-2)7-6-8-18(19)28-3/h6-10,13H,4-5,11-12H2,1-3H3,(H,21,23). The summed E-state index contributed by atoms with van der Waals surface area (Å²) in [4.78, 5) is 13.1. The fourth-order valence-electron chi connectivity index (χ4n) is 3.28. The van der Waals surface area contributed by atoms with E-state index in [0.29, 0.717) is 30.3 Å². The van der Waals surface area contributed by atoms with Gasteiger partial charge in [0.2, 0.25) is 10.0 Å². The second-order valence-corrected chi connectivity index (χ2v) is 8.40. The van der Waals surface area contributed by atoms with Crippen LogP contribution in [0.1, 0.15) is 23.2 Å². The van der Waals surface area contributed by atoms with Gasteiger partial charge in [-0.25, -0.2) is 8.42 Å². The fourth-order valence-corrected chi connectivity index (χ4v) is 4.83. The minimum Gasteiger partial charge on any atom is -0.496 e. The summed E-state index contributed by atoms with van der Waals surface area (Å²) in [7, 11) is 0.720. The number of sulfonamides is 1. The zero-order chi connectivity index (χ0) is 21.0. The second kappa shape index (κ2) is 8.71. The molecule has 1 fully saturated rings. The zero-order valence-electron chi connectivity index (χ0n) is 16.6. The molecule has 9 heteroatoms. The van der Waals surface area contributed by atoms with Crippen molar-refractivity contribution in [3.8, 4) is 17.2 Å². The van der Waals surface area contributed by atoms with E-state index in [0.717, 1.165) is 12.8 Å². The van der Waals surface area contributed by atoms with Crippen molar-refractivity contribution in [2.45, 2.75) is 17.7 Å². The summed E-state index contributed by atoms with van der Waals surface area (Å²) in [6.45, 7) is 0.989. The Labute approximate surface area is 170 Å². The molecule has 0 unspecified atom stereocenters. The van der Waals surface area contributed by atoms with Gasteiger partial charge in [0.05, 0.1) is 31.9 Å². The summed E-state index contributed by atoms with van der Waals surface area (Å²) in [6.07, 6.45) is 1.68. The monoisotopic (exact) mass is 420 g/mol. The van der Waals surface area contributed by atoms with E-state index in [4.69, 9.17) is 14.2 Å². The van der Waals surface area contributed by atoms with Crippen molar-refractivity contribution in [1.29, 1.82) is 0 Å². The molecule has 1 aliphatic heterocycles. The van der Waals surface area contributed by atoms with Gasteiger partial charge in [-0.2, -0.15) is 4.31 Å². The molecule has 2 aromatic rings. The average molecular weight is 420 g/mol. The lowest BCUT2D eigenvalue weighted by Crippen LogP contribution is -2.28. The van der Waals surface area contributed by atoms with Crippen LogP contribution in [0.2, 0.25) is 0 Å². The number of hydrogen-bond donors (Lipinski definition) is 1. The number of hydrogen-bond acceptors (Lipinski definition) is 6. The van der Waals surface area contributed by atoms with Crippen molar-refractivity contribution in [3.05, 3.63) is 42.0 Å². The number of carbonyl (C=O) groups is 1. The van der Waals surface area contributed by atoms with E-state index in [2.05, 4.69) is 5.32 Å². The predicted octanol–water partition coefficient (Wildman–Crippen LogP) is 2.75. The Morgan fingerprint density at radius 1 is 0.931 bits per heavy atom. The summed E-state index contributed by atoms with van der Waals surface area (Å²) >= 11 is 0. The van der Waals surface area contributed by atoms with E-state index in [1.165, 1.54) is 43.8 Å². The molecule has 29 heavy (non-hydrogen) atoms. The molecule has 0 aromatic heterocycles. The molecule has 1 saturated heterocycles. The zero-order valence-corrected chi connectivity index (χ0v) is 17.4. The SMILES string of the molecule is COc1ccc(S(=O)(=O)N2CCCC2)cc1NC(=O)c1c(OC)cccc1OC. The van der Waals surface area contributed by atoms with Crippen LogP contribution in [0.15, 0.2) is 41.3 Å². The van der Waals surface area contributed by atoms with E-state index >= 15 is 0 Å². The van der Waals surface area contributed by atoms with Gasteiger partial charge >= 0.3 is 0 Å². The fraction of sp³-hybridized carbons (Fsp3) is 0.350. The first-order chi connectivity index (χ1) is 13.9. The van der Waals surface area contributed by atoms with Crippen molar-refractivity contribution in [2.75, 3.05) is 39.7 Å². The maximum absolute atomic E-state index is 13.0. The number of methoxy groups -OCH3 is 3. The van der Waals surface area contributed by atoms with Gasteiger partial charge in [-0.05, 0) is 43.2 Å². The molecule has 2 aromatic carbocycles. The molecule has 0 bridgehead atoms. The highest BCUT2D eigenvalue weighted by molar-refractivity contribution is 7.89. The average Bonchev–Trinajstić information content (AvgIpc) is 3.28. The van der Waals surface area contributed by atoms with E-state index < -0.39 is 15.9 Å². The molecule has 8 nitrogen and oxygen atoms in total. The first kappa shape index (κ1) is 20.9. The minimum atomic E-state index is -3.64. The quantitative estimate of drug-likeness (QED) is 0.740. The lowest BCUT2D eigenvalue weighted by Gasteiger charge is -2.18. The molecule has 3 rings (SSSR count). The third-order valence-corrected chi connectivity index (χ3v) is 6.67. The molecular weight excluding hydrogens is 396 g/mol. The van der Waals surface area contributed by atoms with E-state index in [1.807, 2.05) is 0 Å².